The number of amides is 1. The lowest BCUT2D eigenvalue weighted by molar-refractivity contribution is -0.123. The lowest BCUT2D eigenvalue weighted by Crippen LogP contribution is -2.42. The topological polar surface area (TPSA) is 81.2 Å². The molecule has 1 aliphatic rings. The van der Waals surface area contributed by atoms with Gasteiger partial charge in [-0.05, 0) is 37.1 Å². The smallest absolute Gasteiger partial charge is 0.267 e. The number of halogens is 1. The van der Waals surface area contributed by atoms with Crippen molar-refractivity contribution < 1.29 is 9.18 Å². The molecule has 3 rings (SSSR count). The van der Waals surface area contributed by atoms with E-state index in [1.807, 2.05) is 18.7 Å². The average molecular weight is 344 g/mol. The molecule has 132 valence electrons. The molecule has 7 heteroatoms. The SMILES string of the molecule is CC(C)n1nc2c(cc1=O)CN([C@@H](C(N)=O)c1ccc(F)cc1)CC2. The van der Waals surface area contributed by atoms with Crippen LogP contribution in [0.25, 0.3) is 0 Å². The Morgan fingerprint density at radius 3 is 2.56 bits per heavy atom. The molecule has 25 heavy (non-hydrogen) atoms. The van der Waals surface area contributed by atoms with Crippen LogP contribution in [0.2, 0.25) is 0 Å². The molecule has 0 saturated heterocycles. The molecule has 1 amide bonds. The highest BCUT2D eigenvalue weighted by Gasteiger charge is 2.30. The summed E-state index contributed by atoms with van der Waals surface area (Å²) in [6.45, 7) is 4.81. The fourth-order valence-corrected chi connectivity index (χ4v) is 3.23. The van der Waals surface area contributed by atoms with Crippen LogP contribution in [-0.2, 0) is 17.8 Å². The molecule has 0 spiro atoms. The summed E-state index contributed by atoms with van der Waals surface area (Å²) >= 11 is 0. The Balaban J connectivity index is 1.92. The number of carbonyl (C=O) groups is 1. The number of hydrogen-bond donors (Lipinski definition) is 1. The predicted octanol–water partition coefficient (Wildman–Crippen LogP) is 1.55. The maximum Gasteiger partial charge on any atom is 0.267 e. The van der Waals surface area contributed by atoms with Crippen molar-refractivity contribution in [3.8, 4) is 0 Å². The summed E-state index contributed by atoms with van der Waals surface area (Å²) in [5.74, 6) is -0.868. The fraction of sp³-hybridized carbons (Fsp3) is 0.389. The van der Waals surface area contributed by atoms with Crippen LogP contribution in [-0.4, -0.2) is 27.1 Å². The molecule has 0 aliphatic carbocycles. The van der Waals surface area contributed by atoms with E-state index in [1.54, 1.807) is 18.2 Å². The number of primary amides is 1. The third-order valence-electron chi connectivity index (χ3n) is 4.44. The molecule has 1 aromatic heterocycles. The third kappa shape index (κ3) is 3.46. The zero-order valence-corrected chi connectivity index (χ0v) is 14.3. The molecule has 2 heterocycles. The van der Waals surface area contributed by atoms with E-state index in [4.69, 9.17) is 5.73 Å². The monoisotopic (exact) mass is 344 g/mol. The van der Waals surface area contributed by atoms with Crippen molar-refractivity contribution in [2.45, 2.75) is 38.9 Å². The van der Waals surface area contributed by atoms with Gasteiger partial charge in [-0.25, -0.2) is 9.07 Å². The summed E-state index contributed by atoms with van der Waals surface area (Å²) in [6.07, 6.45) is 0.618. The van der Waals surface area contributed by atoms with Gasteiger partial charge < -0.3 is 5.73 Å². The van der Waals surface area contributed by atoms with Gasteiger partial charge in [0.05, 0.1) is 11.7 Å². The van der Waals surface area contributed by atoms with Crippen molar-refractivity contribution in [2.24, 2.45) is 5.73 Å². The van der Waals surface area contributed by atoms with E-state index >= 15 is 0 Å². The van der Waals surface area contributed by atoms with Crippen molar-refractivity contribution in [1.82, 2.24) is 14.7 Å². The van der Waals surface area contributed by atoms with Crippen molar-refractivity contribution in [2.75, 3.05) is 6.54 Å². The summed E-state index contributed by atoms with van der Waals surface area (Å²) < 4.78 is 14.6. The van der Waals surface area contributed by atoms with Crippen LogP contribution in [0.1, 0.15) is 42.8 Å². The van der Waals surface area contributed by atoms with Crippen LogP contribution in [0, 0.1) is 5.82 Å². The van der Waals surface area contributed by atoms with Gasteiger partial charge in [0.15, 0.2) is 0 Å². The molecule has 0 fully saturated rings. The van der Waals surface area contributed by atoms with Crippen LogP contribution >= 0.6 is 0 Å². The minimum absolute atomic E-state index is 0.00610. The standard InChI is InChI=1S/C18H21FN4O2/c1-11(2)23-16(24)9-13-10-22(8-7-15(13)21-23)17(18(20)25)12-3-5-14(19)6-4-12/h3-6,9,11,17H,7-8,10H2,1-2H3,(H2,20,25)/t17-/m1/s1. The van der Waals surface area contributed by atoms with Gasteiger partial charge in [0, 0.05) is 25.6 Å². The molecule has 0 radical (unpaired) electrons. The molecular weight excluding hydrogens is 323 g/mol. The molecule has 0 bridgehead atoms. The molecule has 2 N–H and O–H groups in total. The van der Waals surface area contributed by atoms with E-state index in [9.17, 15) is 14.0 Å². The van der Waals surface area contributed by atoms with E-state index in [0.29, 0.717) is 25.1 Å². The number of fused-ring (bicyclic) bond motifs is 1. The Morgan fingerprint density at radius 1 is 1.28 bits per heavy atom. The van der Waals surface area contributed by atoms with Gasteiger partial charge >= 0.3 is 0 Å². The minimum atomic E-state index is -0.665. The Labute approximate surface area is 145 Å². The van der Waals surface area contributed by atoms with E-state index in [0.717, 1.165) is 11.3 Å². The Kier molecular flexibility index (Phi) is 4.67. The van der Waals surface area contributed by atoms with Crippen molar-refractivity contribution >= 4 is 5.91 Å². The van der Waals surface area contributed by atoms with E-state index < -0.39 is 11.9 Å². The number of carbonyl (C=O) groups excluding carboxylic acids is 1. The summed E-state index contributed by atoms with van der Waals surface area (Å²) in [7, 11) is 0. The van der Waals surface area contributed by atoms with Gasteiger partial charge in [0.1, 0.15) is 11.9 Å². The molecule has 1 aliphatic heterocycles. The second-order valence-electron chi connectivity index (χ2n) is 6.57. The van der Waals surface area contributed by atoms with Gasteiger partial charge in [-0.1, -0.05) is 12.1 Å². The Bertz CT molecular complexity index is 845. The summed E-state index contributed by atoms with van der Waals surface area (Å²) in [4.78, 5) is 26.1. The quantitative estimate of drug-likeness (QED) is 0.912. The Morgan fingerprint density at radius 2 is 1.96 bits per heavy atom. The summed E-state index contributed by atoms with van der Waals surface area (Å²) in [5, 5.41) is 4.45. The maximum atomic E-state index is 13.2. The van der Waals surface area contributed by atoms with E-state index in [-0.39, 0.29) is 17.4 Å². The van der Waals surface area contributed by atoms with Crippen molar-refractivity contribution in [3.63, 3.8) is 0 Å². The van der Waals surface area contributed by atoms with Crippen molar-refractivity contribution in [3.05, 3.63) is 63.3 Å². The number of aromatic nitrogens is 2. The third-order valence-corrected chi connectivity index (χ3v) is 4.44. The zero-order chi connectivity index (χ0) is 18.1. The van der Waals surface area contributed by atoms with E-state index in [2.05, 4.69) is 5.10 Å². The first-order valence-corrected chi connectivity index (χ1v) is 8.27. The lowest BCUT2D eigenvalue weighted by Gasteiger charge is -2.33. The molecule has 6 nitrogen and oxygen atoms in total. The molecule has 0 saturated carbocycles. The highest BCUT2D eigenvalue weighted by atomic mass is 19.1. The first-order chi connectivity index (χ1) is 11.9. The van der Waals surface area contributed by atoms with Crippen LogP contribution in [0.15, 0.2) is 35.1 Å². The van der Waals surface area contributed by atoms with Crippen LogP contribution in [0.3, 0.4) is 0 Å². The molecule has 1 atom stereocenters. The zero-order valence-electron chi connectivity index (χ0n) is 14.3. The average Bonchev–Trinajstić information content (AvgIpc) is 2.55. The Hall–Kier alpha value is -2.54. The molecule has 1 aromatic carbocycles. The van der Waals surface area contributed by atoms with Crippen molar-refractivity contribution in [1.29, 1.82) is 0 Å². The fourth-order valence-electron chi connectivity index (χ4n) is 3.23. The van der Waals surface area contributed by atoms with Gasteiger partial charge in [-0.15, -0.1) is 0 Å². The molecule has 2 aromatic rings. The first kappa shape index (κ1) is 17.3. The largest absolute Gasteiger partial charge is 0.368 e. The van der Waals surface area contributed by atoms with Gasteiger partial charge in [0.25, 0.3) is 5.56 Å². The number of hydrogen-bond acceptors (Lipinski definition) is 4. The van der Waals surface area contributed by atoms with Gasteiger partial charge in [-0.3, -0.25) is 14.5 Å². The van der Waals surface area contributed by atoms with Crippen LogP contribution in [0.5, 0.6) is 0 Å². The predicted molar refractivity (Wildman–Crippen MR) is 91.3 cm³/mol. The maximum absolute atomic E-state index is 13.2. The summed E-state index contributed by atoms with van der Waals surface area (Å²) in [5.41, 5.74) is 7.75. The molecular formula is C18H21FN4O2. The highest BCUT2D eigenvalue weighted by molar-refractivity contribution is 5.81. The normalized spacial score (nSPS) is 15.8. The first-order valence-electron chi connectivity index (χ1n) is 8.27. The molecule has 0 unspecified atom stereocenters. The lowest BCUT2D eigenvalue weighted by atomic mass is 9.99. The number of rotatable bonds is 4. The van der Waals surface area contributed by atoms with E-state index in [1.165, 1.54) is 16.8 Å². The highest BCUT2D eigenvalue weighted by Crippen LogP contribution is 2.27. The number of nitrogens with zero attached hydrogens (tertiary/aromatic N) is 3. The summed E-state index contributed by atoms with van der Waals surface area (Å²) in [6, 6.07) is 6.66. The minimum Gasteiger partial charge on any atom is -0.368 e. The van der Waals surface area contributed by atoms with Crippen LogP contribution in [0.4, 0.5) is 4.39 Å². The van der Waals surface area contributed by atoms with Gasteiger partial charge in [-0.2, -0.15) is 5.10 Å². The number of benzene rings is 1. The second kappa shape index (κ2) is 6.76. The van der Waals surface area contributed by atoms with Crippen LogP contribution < -0.4 is 11.3 Å². The number of nitrogens with two attached hydrogens (primary N) is 1. The van der Waals surface area contributed by atoms with Gasteiger partial charge in [0.2, 0.25) is 5.91 Å². The second-order valence-corrected chi connectivity index (χ2v) is 6.57.